The summed E-state index contributed by atoms with van der Waals surface area (Å²) in [5.41, 5.74) is 0.213. The third-order valence-corrected chi connectivity index (χ3v) is 4.72. The van der Waals surface area contributed by atoms with Gasteiger partial charge in [0.2, 0.25) is 0 Å². The SMILES string of the molecule is CCCCCCCC(C)(CCCCC)N1CC(C=O)=NC1=O. The quantitative estimate of drug-likeness (QED) is 0.385. The highest BCUT2D eigenvalue weighted by Gasteiger charge is 2.38. The van der Waals surface area contributed by atoms with E-state index in [2.05, 4.69) is 25.8 Å². The normalized spacial score (nSPS) is 17.5. The molecule has 0 saturated heterocycles. The first-order valence-electron chi connectivity index (χ1n) is 8.91. The van der Waals surface area contributed by atoms with Gasteiger partial charge in [0.15, 0.2) is 6.29 Å². The number of aliphatic imine (C=N–C) groups is 1. The molecule has 22 heavy (non-hydrogen) atoms. The van der Waals surface area contributed by atoms with Crippen LogP contribution in [0, 0.1) is 0 Å². The van der Waals surface area contributed by atoms with E-state index in [-0.39, 0.29) is 11.6 Å². The lowest BCUT2D eigenvalue weighted by atomic mass is 9.86. The molecule has 0 saturated carbocycles. The van der Waals surface area contributed by atoms with Crippen molar-refractivity contribution in [2.75, 3.05) is 6.54 Å². The molecule has 0 bridgehead atoms. The number of carbonyl (C=O) groups is 2. The molecule has 1 aliphatic rings. The van der Waals surface area contributed by atoms with Crippen molar-refractivity contribution in [2.45, 2.75) is 90.5 Å². The van der Waals surface area contributed by atoms with Crippen molar-refractivity contribution in [3.05, 3.63) is 0 Å². The van der Waals surface area contributed by atoms with Gasteiger partial charge in [-0.05, 0) is 19.8 Å². The number of aldehydes is 1. The van der Waals surface area contributed by atoms with Crippen LogP contribution in [-0.4, -0.2) is 35.0 Å². The maximum Gasteiger partial charge on any atom is 0.344 e. The second kappa shape index (κ2) is 9.75. The van der Waals surface area contributed by atoms with Crippen molar-refractivity contribution in [1.82, 2.24) is 4.90 Å². The van der Waals surface area contributed by atoms with Crippen molar-refractivity contribution in [1.29, 1.82) is 0 Å². The molecule has 0 aromatic carbocycles. The van der Waals surface area contributed by atoms with E-state index >= 15 is 0 Å². The van der Waals surface area contributed by atoms with Crippen molar-refractivity contribution < 1.29 is 9.59 Å². The van der Waals surface area contributed by atoms with Crippen LogP contribution in [0.15, 0.2) is 4.99 Å². The highest BCUT2D eigenvalue weighted by molar-refractivity contribution is 6.33. The average molecular weight is 308 g/mol. The minimum Gasteiger partial charge on any atom is -0.311 e. The minimum absolute atomic E-state index is 0.160. The molecule has 1 atom stereocenters. The van der Waals surface area contributed by atoms with Gasteiger partial charge >= 0.3 is 6.03 Å². The highest BCUT2D eigenvalue weighted by Crippen LogP contribution is 2.31. The number of carbonyl (C=O) groups excluding carboxylic acids is 2. The molecule has 0 aliphatic carbocycles. The van der Waals surface area contributed by atoms with Crippen LogP contribution in [0.3, 0.4) is 0 Å². The van der Waals surface area contributed by atoms with Crippen molar-refractivity contribution in [3.8, 4) is 0 Å². The van der Waals surface area contributed by atoms with Crippen LogP contribution in [0.25, 0.3) is 0 Å². The second-order valence-corrected chi connectivity index (χ2v) is 6.71. The topological polar surface area (TPSA) is 49.7 Å². The lowest BCUT2D eigenvalue weighted by Crippen LogP contribution is -2.48. The third-order valence-electron chi connectivity index (χ3n) is 4.72. The summed E-state index contributed by atoms with van der Waals surface area (Å²) < 4.78 is 0. The van der Waals surface area contributed by atoms with Gasteiger partial charge in [-0.2, -0.15) is 4.99 Å². The predicted molar refractivity (Wildman–Crippen MR) is 91.5 cm³/mol. The molecule has 4 nitrogen and oxygen atoms in total. The van der Waals surface area contributed by atoms with E-state index < -0.39 is 0 Å². The molecule has 0 radical (unpaired) electrons. The molecule has 2 amide bonds. The van der Waals surface area contributed by atoms with E-state index in [4.69, 9.17) is 0 Å². The molecular formula is C18H32N2O2. The Labute approximate surface area is 135 Å². The first-order chi connectivity index (χ1) is 10.6. The molecule has 0 fully saturated rings. The van der Waals surface area contributed by atoms with E-state index in [1.807, 2.05) is 4.90 Å². The number of amides is 2. The molecule has 0 spiro atoms. The third kappa shape index (κ3) is 5.54. The molecule has 1 heterocycles. The van der Waals surface area contributed by atoms with Crippen molar-refractivity contribution >= 4 is 18.0 Å². The second-order valence-electron chi connectivity index (χ2n) is 6.71. The van der Waals surface area contributed by atoms with Crippen LogP contribution < -0.4 is 0 Å². The van der Waals surface area contributed by atoms with Gasteiger partial charge in [-0.25, -0.2) is 4.79 Å². The first kappa shape index (κ1) is 18.9. The fourth-order valence-electron chi connectivity index (χ4n) is 3.19. The zero-order valence-electron chi connectivity index (χ0n) is 14.6. The van der Waals surface area contributed by atoms with Crippen LogP contribution in [0.4, 0.5) is 4.79 Å². The van der Waals surface area contributed by atoms with Crippen LogP contribution in [-0.2, 0) is 4.79 Å². The Hall–Kier alpha value is -1.19. The maximum absolute atomic E-state index is 12.1. The Morgan fingerprint density at radius 2 is 1.59 bits per heavy atom. The van der Waals surface area contributed by atoms with E-state index in [1.165, 1.54) is 38.5 Å². The zero-order valence-corrected chi connectivity index (χ0v) is 14.6. The maximum atomic E-state index is 12.1. The van der Waals surface area contributed by atoms with Gasteiger partial charge in [-0.15, -0.1) is 0 Å². The number of unbranched alkanes of at least 4 members (excludes halogenated alkanes) is 6. The van der Waals surface area contributed by atoms with Crippen LogP contribution in [0.5, 0.6) is 0 Å². The van der Waals surface area contributed by atoms with Crippen molar-refractivity contribution in [3.63, 3.8) is 0 Å². The van der Waals surface area contributed by atoms with Crippen LogP contribution in [0.2, 0.25) is 0 Å². The van der Waals surface area contributed by atoms with Gasteiger partial charge in [-0.3, -0.25) is 4.79 Å². The summed E-state index contributed by atoms with van der Waals surface area (Å²) >= 11 is 0. The Morgan fingerprint density at radius 1 is 1.05 bits per heavy atom. The van der Waals surface area contributed by atoms with Gasteiger partial charge < -0.3 is 4.90 Å². The monoisotopic (exact) mass is 308 g/mol. The van der Waals surface area contributed by atoms with Crippen LogP contribution in [0.1, 0.15) is 85.0 Å². The van der Waals surface area contributed by atoms with Gasteiger partial charge in [0, 0.05) is 5.54 Å². The minimum atomic E-state index is -0.227. The molecule has 0 N–H and O–H groups in total. The molecule has 0 aromatic heterocycles. The zero-order chi connectivity index (χ0) is 16.4. The van der Waals surface area contributed by atoms with E-state index in [1.54, 1.807) is 0 Å². The Balaban J connectivity index is 2.61. The smallest absolute Gasteiger partial charge is 0.311 e. The standard InChI is InChI=1S/C18H32N2O2/c1-4-6-8-9-11-13-18(3,12-10-7-5-2)20-14-16(15-21)19-17(20)22/h15H,4-14H2,1-3H3. The van der Waals surface area contributed by atoms with E-state index in [0.717, 1.165) is 25.7 Å². The van der Waals surface area contributed by atoms with Crippen molar-refractivity contribution in [2.24, 2.45) is 4.99 Å². The summed E-state index contributed by atoms with van der Waals surface area (Å²) in [6.07, 6.45) is 12.4. The van der Waals surface area contributed by atoms with E-state index in [9.17, 15) is 9.59 Å². The highest BCUT2D eigenvalue weighted by atomic mass is 16.2. The Kier molecular flexibility index (Phi) is 8.36. The Bertz CT molecular complexity index is 393. The van der Waals surface area contributed by atoms with Gasteiger partial charge in [-0.1, -0.05) is 65.2 Å². The molecule has 1 rings (SSSR count). The molecule has 1 unspecified atom stereocenters. The van der Waals surface area contributed by atoms with Gasteiger partial charge in [0.1, 0.15) is 5.71 Å². The number of hydrogen-bond donors (Lipinski definition) is 0. The van der Waals surface area contributed by atoms with E-state index in [0.29, 0.717) is 18.5 Å². The Morgan fingerprint density at radius 3 is 2.14 bits per heavy atom. The van der Waals surface area contributed by atoms with Crippen LogP contribution >= 0.6 is 0 Å². The molecule has 126 valence electrons. The summed E-state index contributed by atoms with van der Waals surface area (Å²) in [6, 6.07) is -0.227. The number of urea groups is 1. The largest absolute Gasteiger partial charge is 0.344 e. The van der Waals surface area contributed by atoms with Gasteiger partial charge in [0.05, 0.1) is 6.54 Å². The summed E-state index contributed by atoms with van der Waals surface area (Å²) in [5, 5.41) is 0. The molecule has 1 aliphatic heterocycles. The molecule has 4 heteroatoms. The summed E-state index contributed by atoms with van der Waals surface area (Å²) in [7, 11) is 0. The molecular weight excluding hydrogens is 276 g/mol. The fourth-order valence-corrected chi connectivity index (χ4v) is 3.19. The summed E-state index contributed by atoms with van der Waals surface area (Å²) in [5.74, 6) is 0. The summed E-state index contributed by atoms with van der Waals surface area (Å²) in [6.45, 7) is 6.97. The average Bonchev–Trinajstić information content (AvgIpc) is 2.89. The number of hydrogen-bond acceptors (Lipinski definition) is 2. The number of nitrogens with zero attached hydrogens (tertiary/aromatic N) is 2. The van der Waals surface area contributed by atoms with Gasteiger partial charge in [0.25, 0.3) is 0 Å². The predicted octanol–water partition coefficient (Wildman–Crippen LogP) is 4.76. The summed E-state index contributed by atoms with van der Waals surface area (Å²) in [4.78, 5) is 28.7. The molecule has 0 aromatic rings. The lowest BCUT2D eigenvalue weighted by molar-refractivity contribution is -0.102. The first-order valence-corrected chi connectivity index (χ1v) is 8.91. The fraction of sp³-hybridized carbons (Fsp3) is 0.833. The number of rotatable bonds is 12. The lowest BCUT2D eigenvalue weighted by Gasteiger charge is -2.38.